The van der Waals surface area contributed by atoms with Crippen molar-refractivity contribution in [2.24, 2.45) is 0 Å². The van der Waals surface area contributed by atoms with Gasteiger partial charge < -0.3 is 0 Å². The fourth-order valence-corrected chi connectivity index (χ4v) is 2.42. The van der Waals surface area contributed by atoms with Crippen molar-refractivity contribution in [3.05, 3.63) is 30.6 Å². The first-order valence-corrected chi connectivity index (χ1v) is 6.80. The summed E-state index contributed by atoms with van der Waals surface area (Å²) in [7, 11) is 0. The monoisotopic (exact) mass is 271 g/mol. The first kappa shape index (κ1) is 12.8. The SMILES string of the molecule is O=C(CN1CCCC1)NNc1ncnc2ccccc12. The van der Waals surface area contributed by atoms with Crippen LogP contribution in [0, 0.1) is 0 Å². The van der Waals surface area contributed by atoms with Crippen LogP contribution >= 0.6 is 0 Å². The molecule has 1 fully saturated rings. The van der Waals surface area contributed by atoms with E-state index in [0.717, 1.165) is 24.0 Å². The fraction of sp³-hybridized carbons (Fsp3) is 0.357. The molecule has 6 heteroatoms. The minimum absolute atomic E-state index is 0.0467. The highest BCUT2D eigenvalue weighted by Crippen LogP contribution is 2.17. The number of amides is 1. The molecule has 0 aliphatic carbocycles. The van der Waals surface area contributed by atoms with E-state index < -0.39 is 0 Å². The van der Waals surface area contributed by atoms with Crippen molar-refractivity contribution in [1.29, 1.82) is 0 Å². The van der Waals surface area contributed by atoms with Crippen LogP contribution in [0.5, 0.6) is 0 Å². The molecule has 0 radical (unpaired) electrons. The minimum Gasteiger partial charge on any atom is -0.294 e. The van der Waals surface area contributed by atoms with Gasteiger partial charge in [-0.1, -0.05) is 12.1 Å². The number of aromatic nitrogens is 2. The molecule has 2 N–H and O–H groups in total. The molecule has 1 aromatic carbocycles. The standard InChI is InChI=1S/C14H17N5O/c20-13(9-19-7-3-4-8-19)17-18-14-11-5-1-2-6-12(11)15-10-16-14/h1-2,5-6,10H,3-4,7-9H2,(H,17,20)(H,15,16,18). The molecule has 104 valence electrons. The number of nitrogens with zero attached hydrogens (tertiary/aromatic N) is 3. The van der Waals surface area contributed by atoms with Gasteiger partial charge in [-0.25, -0.2) is 9.97 Å². The third-order valence-corrected chi connectivity index (χ3v) is 3.43. The average molecular weight is 271 g/mol. The number of rotatable bonds is 4. The van der Waals surface area contributed by atoms with Gasteiger partial charge in [0.05, 0.1) is 12.1 Å². The number of hydrazine groups is 1. The normalized spacial score (nSPS) is 15.4. The lowest BCUT2D eigenvalue weighted by Gasteiger charge is -2.15. The number of nitrogens with one attached hydrogen (secondary N) is 2. The molecule has 0 unspecified atom stereocenters. The Morgan fingerprint density at radius 2 is 2.00 bits per heavy atom. The first-order chi connectivity index (χ1) is 9.83. The van der Waals surface area contributed by atoms with E-state index in [1.165, 1.54) is 19.2 Å². The molecule has 20 heavy (non-hydrogen) atoms. The molecule has 1 aromatic heterocycles. The second kappa shape index (κ2) is 5.83. The lowest BCUT2D eigenvalue weighted by molar-refractivity contribution is -0.121. The summed E-state index contributed by atoms with van der Waals surface area (Å²) in [4.78, 5) is 22.3. The van der Waals surface area contributed by atoms with E-state index in [0.29, 0.717) is 12.4 Å². The van der Waals surface area contributed by atoms with Gasteiger partial charge in [-0.15, -0.1) is 0 Å². The van der Waals surface area contributed by atoms with Crippen LogP contribution in [-0.4, -0.2) is 40.4 Å². The largest absolute Gasteiger partial charge is 0.294 e. The van der Waals surface area contributed by atoms with Gasteiger partial charge in [0.15, 0.2) is 5.82 Å². The second-order valence-corrected chi connectivity index (χ2v) is 4.90. The van der Waals surface area contributed by atoms with Crippen LogP contribution in [-0.2, 0) is 4.79 Å². The molecule has 1 aliphatic heterocycles. The maximum Gasteiger partial charge on any atom is 0.252 e. The van der Waals surface area contributed by atoms with Gasteiger partial charge in [0.25, 0.3) is 5.91 Å². The number of carbonyl (C=O) groups excluding carboxylic acids is 1. The lowest BCUT2D eigenvalue weighted by atomic mass is 10.2. The van der Waals surface area contributed by atoms with Crippen molar-refractivity contribution in [1.82, 2.24) is 20.3 Å². The van der Waals surface area contributed by atoms with E-state index >= 15 is 0 Å². The van der Waals surface area contributed by atoms with Crippen molar-refractivity contribution < 1.29 is 4.79 Å². The van der Waals surface area contributed by atoms with Crippen LogP contribution in [0.25, 0.3) is 10.9 Å². The summed E-state index contributed by atoms with van der Waals surface area (Å²) in [5.41, 5.74) is 6.43. The van der Waals surface area contributed by atoms with Crippen molar-refractivity contribution in [2.45, 2.75) is 12.8 Å². The van der Waals surface area contributed by atoms with Crippen LogP contribution in [0.2, 0.25) is 0 Å². The number of benzene rings is 1. The highest BCUT2D eigenvalue weighted by atomic mass is 16.2. The number of carbonyl (C=O) groups is 1. The van der Waals surface area contributed by atoms with E-state index in [-0.39, 0.29) is 5.91 Å². The van der Waals surface area contributed by atoms with E-state index in [1.54, 1.807) is 0 Å². The average Bonchev–Trinajstić information content (AvgIpc) is 2.98. The number of hydrogen-bond acceptors (Lipinski definition) is 5. The third-order valence-electron chi connectivity index (χ3n) is 3.43. The molecule has 0 atom stereocenters. The maximum absolute atomic E-state index is 11.8. The van der Waals surface area contributed by atoms with Gasteiger partial charge in [0.2, 0.25) is 0 Å². The number of hydrogen-bond donors (Lipinski definition) is 2. The van der Waals surface area contributed by atoms with Crippen LogP contribution in [0.3, 0.4) is 0 Å². The predicted molar refractivity (Wildman–Crippen MR) is 77.0 cm³/mol. The molecule has 1 saturated heterocycles. The number of fused-ring (bicyclic) bond motifs is 1. The molecular weight excluding hydrogens is 254 g/mol. The van der Waals surface area contributed by atoms with Crippen LogP contribution in [0.4, 0.5) is 5.82 Å². The van der Waals surface area contributed by atoms with Crippen molar-refractivity contribution in [2.75, 3.05) is 25.1 Å². The third kappa shape index (κ3) is 2.85. The first-order valence-electron chi connectivity index (χ1n) is 6.80. The van der Waals surface area contributed by atoms with Gasteiger partial charge >= 0.3 is 0 Å². The molecule has 6 nitrogen and oxygen atoms in total. The smallest absolute Gasteiger partial charge is 0.252 e. The topological polar surface area (TPSA) is 70.2 Å². The fourth-order valence-electron chi connectivity index (χ4n) is 2.42. The molecule has 1 aliphatic rings. The van der Waals surface area contributed by atoms with Gasteiger partial charge in [-0.2, -0.15) is 0 Å². The summed E-state index contributed by atoms with van der Waals surface area (Å²) in [5, 5.41) is 0.886. The Morgan fingerprint density at radius 1 is 1.20 bits per heavy atom. The molecule has 3 rings (SSSR count). The van der Waals surface area contributed by atoms with Gasteiger partial charge in [-0.3, -0.25) is 20.5 Å². The van der Waals surface area contributed by atoms with E-state index in [1.807, 2.05) is 24.3 Å². The van der Waals surface area contributed by atoms with E-state index in [4.69, 9.17) is 0 Å². The van der Waals surface area contributed by atoms with Crippen molar-refractivity contribution >= 4 is 22.6 Å². The lowest BCUT2D eigenvalue weighted by Crippen LogP contribution is -2.38. The Kier molecular flexibility index (Phi) is 3.73. The second-order valence-electron chi connectivity index (χ2n) is 4.90. The summed E-state index contributed by atoms with van der Waals surface area (Å²) < 4.78 is 0. The highest BCUT2D eigenvalue weighted by Gasteiger charge is 2.15. The van der Waals surface area contributed by atoms with Gasteiger partial charge in [-0.05, 0) is 38.1 Å². The summed E-state index contributed by atoms with van der Waals surface area (Å²) >= 11 is 0. The predicted octanol–water partition coefficient (Wildman–Crippen LogP) is 1.17. The number of likely N-dealkylation sites (tertiary alicyclic amines) is 1. The Hall–Kier alpha value is -2.21. The summed E-state index contributed by atoms with van der Waals surface area (Å²) in [6.07, 6.45) is 3.84. The van der Waals surface area contributed by atoms with Gasteiger partial charge in [0.1, 0.15) is 6.33 Å². The molecule has 0 saturated carbocycles. The Labute approximate surface area is 117 Å². The zero-order valence-corrected chi connectivity index (χ0v) is 11.2. The molecule has 2 aromatic rings. The maximum atomic E-state index is 11.8. The Bertz CT molecular complexity index is 604. The molecular formula is C14H17N5O. The molecule has 0 spiro atoms. The quantitative estimate of drug-likeness (QED) is 0.817. The molecule has 2 heterocycles. The molecule has 0 bridgehead atoms. The zero-order chi connectivity index (χ0) is 13.8. The van der Waals surface area contributed by atoms with Crippen molar-refractivity contribution in [3.8, 4) is 0 Å². The van der Waals surface area contributed by atoms with E-state index in [2.05, 4.69) is 25.7 Å². The summed E-state index contributed by atoms with van der Waals surface area (Å²) in [6.45, 7) is 2.43. The van der Waals surface area contributed by atoms with Crippen LogP contribution in [0.1, 0.15) is 12.8 Å². The summed E-state index contributed by atoms with van der Waals surface area (Å²) in [5.74, 6) is 0.569. The Morgan fingerprint density at radius 3 is 2.85 bits per heavy atom. The van der Waals surface area contributed by atoms with E-state index in [9.17, 15) is 4.79 Å². The van der Waals surface area contributed by atoms with Crippen LogP contribution < -0.4 is 10.9 Å². The van der Waals surface area contributed by atoms with Crippen molar-refractivity contribution in [3.63, 3.8) is 0 Å². The summed E-state index contributed by atoms with van der Waals surface area (Å²) in [6, 6.07) is 7.67. The molecule has 1 amide bonds. The van der Waals surface area contributed by atoms with Gasteiger partial charge in [0, 0.05) is 5.39 Å². The highest BCUT2D eigenvalue weighted by molar-refractivity contribution is 5.89. The number of anilines is 1. The zero-order valence-electron chi connectivity index (χ0n) is 11.2. The minimum atomic E-state index is -0.0467. The Balaban J connectivity index is 1.63. The number of para-hydroxylation sites is 1. The van der Waals surface area contributed by atoms with Crippen LogP contribution in [0.15, 0.2) is 30.6 Å².